The lowest BCUT2D eigenvalue weighted by Crippen LogP contribution is -2.15. The molecular formula is C22H13F4N5O2S2. The van der Waals surface area contributed by atoms with E-state index in [1.807, 2.05) is 17.5 Å². The van der Waals surface area contributed by atoms with Crippen molar-refractivity contribution in [2.24, 2.45) is 0 Å². The Bertz CT molecular complexity index is 1630. The van der Waals surface area contributed by atoms with Crippen molar-refractivity contribution in [1.82, 2.24) is 19.8 Å². The van der Waals surface area contributed by atoms with Gasteiger partial charge in [-0.2, -0.15) is 22.8 Å². The third kappa shape index (κ3) is 4.47. The number of rotatable bonds is 5. The van der Waals surface area contributed by atoms with E-state index in [2.05, 4.69) is 20.0 Å². The molecule has 0 unspecified atom stereocenters. The number of thiophene rings is 1. The number of hydrogen-bond donors (Lipinski definition) is 1. The Labute approximate surface area is 199 Å². The fourth-order valence-electron chi connectivity index (χ4n) is 3.31. The predicted octanol–water partition coefficient (Wildman–Crippen LogP) is 5.48. The number of halogens is 4. The standard InChI is InChI=1S/C22H13F4N5O2S2/c23-17-8-7-15(12-16(17)22(24,25)26)35(32,33)30-14-5-3-13(4-6-14)18-9-10-20-27-28-21(31(20)29-18)19-2-1-11-34-19/h1-12,30H. The van der Waals surface area contributed by atoms with Gasteiger partial charge in [0.25, 0.3) is 10.0 Å². The predicted molar refractivity (Wildman–Crippen MR) is 122 cm³/mol. The summed E-state index contributed by atoms with van der Waals surface area (Å²) in [5.74, 6) is -0.973. The second-order valence-corrected chi connectivity index (χ2v) is 9.94. The second-order valence-electron chi connectivity index (χ2n) is 7.31. The summed E-state index contributed by atoms with van der Waals surface area (Å²) in [6.07, 6.45) is -5.03. The van der Waals surface area contributed by atoms with E-state index in [0.29, 0.717) is 28.8 Å². The summed E-state index contributed by atoms with van der Waals surface area (Å²) in [6.45, 7) is 0. The number of nitrogens with one attached hydrogen (secondary N) is 1. The molecule has 0 spiro atoms. The Morgan fingerprint density at radius 2 is 1.71 bits per heavy atom. The number of aromatic nitrogens is 4. The van der Waals surface area contributed by atoms with E-state index in [0.717, 1.165) is 10.9 Å². The number of nitrogens with zero attached hydrogens (tertiary/aromatic N) is 4. The van der Waals surface area contributed by atoms with Crippen LogP contribution >= 0.6 is 11.3 Å². The minimum atomic E-state index is -5.03. The fourth-order valence-corrected chi connectivity index (χ4v) is 5.09. The maximum Gasteiger partial charge on any atom is 0.419 e. The Balaban J connectivity index is 1.42. The van der Waals surface area contributed by atoms with Crippen molar-refractivity contribution in [3.8, 4) is 22.0 Å². The first-order valence-corrected chi connectivity index (χ1v) is 12.2. The molecule has 35 heavy (non-hydrogen) atoms. The lowest BCUT2D eigenvalue weighted by molar-refractivity contribution is -0.140. The highest BCUT2D eigenvalue weighted by Gasteiger charge is 2.35. The van der Waals surface area contributed by atoms with Crippen LogP contribution in [0.3, 0.4) is 0 Å². The zero-order chi connectivity index (χ0) is 24.8. The number of sulfonamides is 1. The van der Waals surface area contributed by atoms with Gasteiger partial charge in [0.1, 0.15) is 5.82 Å². The number of benzene rings is 2. The minimum Gasteiger partial charge on any atom is -0.280 e. The van der Waals surface area contributed by atoms with Crippen LogP contribution in [0.25, 0.3) is 27.6 Å². The molecule has 7 nitrogen and oxygen atoms in total. The van der Waals surface area contributed by atoms with Crippen LogP contribution in [0.15, 0.2) is 77.0 Å². The van der Waals surface area contributed by atoms with Gasteiger partial charge in [0, 0.05) is 11.3 Å². The minimum absolute atomic E-state index is 0.108. The molecule has 0 amide bonds. The third-order valence-corrected chi connectivity index (χ3v) is 7.24. The summed E-state index contributed by atoms with van der Waals surface area (Å²) >= 11 is 1.49. The molecule has 13 heteroatoms. The summed E-state index contributed by atoms with van der Waals surface area (Å²) in [4.78, 5) is 0.178. The molecule has 178 valence electrons. The molecule has 0 aliphatic heterocycles. The van der Waals surface area contributed by atoms with Crippen LogP contribution in [0.2, 0.25) is 0 Å². The van der Waals surface area contributed by atoms with Crippen LogP contribution in [0, 0.1) is 5.82 Å². The Hall–Kier alpha value is -3.84. The molecule has 3 heterocycles. The smallest absolute Gasteiger partial charge is 0.280 e. The third-order valence-electron chi connectivity index (χ3n) is 4.99. The van der Waals surface area contributed by atoms with E-state index in [1.165, 1.54) is 23.5 Å². The molecule has 0 fully saturated rings. The van der Waals surface area contributed by atoms with Crippen molar-refractivity contribution in [2.45, 2.75) is 11.1 Å². The van der Waals surface area contributed by atoms with Crippen molar-refractivity contribution in [1.29, 1.82) is 0 Å². The first-order chi connectivity index (χ1) is 16.6. The second kappa shape index (κ2) is 8.43. The lowest BCUT2D eigenvalue weighted by atomic mass is 10.1. The SMILES string of the molecule is O=S(=O)(Nc1ccc(-c2ccc3nnc(-c4cccs4)n3n2)cc1)c1ccc(F)c(C(F)(F)F)c1. The molecule has 0 bridgehead atoms. The monoisotopic (exact) mass is 519 g/mol. The van der Waals surface area contributed by atoms with Gasteiger partial charge in [-0.3, -0.25) is 4.72 Å². The summed E-state index contributed by atoms with van der Waals surface area (Å²) in [7, 11) is -4.39. The number of alkyl halides is 3. The van der Waals surface area contributed by atoms with Crippen LogP contribution in [-0.4, -0.2) is 28.2 Å². The maximum atomic E-state index is 13.5. The van der Waals surface area contributed by atoms with Crippen LogP contribution in [0.4, 0.5) is 23.2 Å². The molecule has 1 N–H and O–H groups in total. The fraction of sp³-hybridized carbons (Fsp3) is 0.0455. The summed E-state index contributed by atoms with van der Waals surface area (Å²) in [5.41, 5.74) is 0.225. The zero-order valence-electron chi connectivity index (χ0n) is 17.4. The Morgan fingerprint density at radius 1 is 0.943 bits per heavy atom. The average Bonchev–Trinajstić information content (AvgIpc) is 3.48. The molecule has 0 atom stereocenters. The van der Waals surface area contributed by atoms with Gasteiger partial charge in [0.15, 0.2) is 11.5 Å². The molecule has 0 saturated carbocycles. The summed E-state index contributed by atoms with van der Waals surface area (Å²) in [6, 6.07) is 14.9. The molecule has 0 saturated heterocycles. The first kappa shape index (κ1) is 22.9. The zero-order valence-corrected chi connectivity index (χ0v) is 19.0. The van der Waals surface area contributed by atoms with Crippen molar-refractivity contribution >= 4 is 32.7 Å². The molecule has 0 aliphatic rings. The lowest BCUT2D eigenvalue weighted by Gasteiger charge is -2.12. The van der Waals surface area contributed by atoms with Crippen LogP contribution < -0.4 is 4.72 Å². The van der Waals surface area contributed by atoms with Gasteiger partial charge in [-0.15, -0.1) is 21.5 Å². The Morgan fingerprint density at radius 3 is 2.40 bits per heavy atom. The number of anilines is 1. The molecule has 5 aromatic rings. The highest BCUT2D eigenvalue weighted by Crippen LogP contribution is 2.33. The molecule has 5 rings (SSSR count). The highest BCUT2D eigenvalue weighted by molar-refractivity contribution is 7.92. The van der Waals surface area contributed by atoms with Gasteiger partial charge < -0.3 is 0 Å². The van der Waals surface area contributed by atoms with Crippen molar-refractivity contribution in [3.63, 3.8) is 0 Å². The van der Waals surface area contributed by atoms with Crippen molar-refractivity contribution < 1.29 is 26.0 Å². The van der Waals surface area contributed by atoms with E-state index < -0.39 is 32.5 Å². The van der Waals surface area contributed by atoms with Gasteiger partial charge >= 0.3 is 6.18 Å². The van der Waals surface area contributed by atoms with Gasteiger partial charge in [0.2, 0.25) is 0 Å². The largest absolute Gasteiger partial charge is 0.419 e. The van der Waals surface area contributed by atoms with Gasteiger partial charge in [-0.1, -0.05) is 18.2 Å². The van der Waals surface area contributed by atoms with E-state index in [-0.39, 0.29) is 11.8 Å². The molecular weight excluding hydrogens is 506 g/mol. The molecule has 3 aromatic heterocycles. The molecule has 2 aromatic carbocycles. The van der Waals surface area contributed by atoms with Gasteiger partial charge in [-0.05, 0) is 53.9 Å². The molecule has 0 radical (unpaired) electrons. The van der Waals surface area contributed by atoms with Crippen molar-refractivity contribution in [2.75, 3.05) is 4.72 Å². The van der Waals surface area contributed by atoms with Crippen LogP contribution in [-0.2, 0) is 16.2 Å². The maximum absolute atomic E-state index is 13.5. The van der Waals surface area contributed by atoms with Crippen molar-refractivity contribution in [3.05, 3.63) is 83.5 Å². The first-order valence-electron chi connectivity index (χ1n) is 9.88. The van der Waals surface area contributed by atoms with Gasteiger partial charge in [0.05, 0.1) is 21.0 Å². The van der Waals surface area contributed by atoms with Gasteiger partial charge in [-0.25, -0.2) is 12.8 Å². The topological polar surface area (TPSA) is 89.2 Å². The van der Waals surface area contributed by atoms with E-state index >= 15 is 0 Å². The average molecular weight is 520 g/mol. The highest BCUT2D eigenvalue weighted by atomic mass is 32.2. The summed E-state index contributed by atoms with van der Waals surface area (Å²) in [5, 5.41) is 14.8. The van der Waals surface area contributed by atoms with E-state index in [1.54, 1.807) is 28.8 Å². The van der Waals surface area contributed by atoms with E-state index in [9.17, 15) is 26.0 Å². The summed E-state index contributed by atoms with van der Waals surface area (Å²) < 4.78 is 81.4. The quantitative estimate of drug-likeness (QED) is 0.311. The van der Waals surface area contributed by atoms with Crippen LogP contribution in [0.5, 0.6) is 0 Å². The number of fused-ring (bicyclic) bond motifs is 1. The van der Waals surface area contributed by atoms with E-state index in [4.69, 9.17) is 0 Å². The Kier molecular flexibility index (Phi) is 5.52. The number of hydrogen-bond acceptors (Lipinski definition) is 6. The normalized spacial score (nSPS) is 12.2. The van der Waals surface area contributed by atoms with Crippen LogP contribution in [0.1, 0.15) is 5.56 Å². The molecule has 0 aliphatic carbocycles.